The SMILES string of the molecule is [CH2]C(C)c1cccc(Br)c1C=C. The van der Waals surface area contributed by atoms with Gasteiger partial charge in [0.05, 0.1) is 0 Å². The highest BCUT2D eigenvalue weighted by Gasteiger charge is 2.05. The molecule has 1 rings (SSSR count). The van der Waals surface area contributed by atoms with Gasteiger partial charge in [0.15, 0.2) is 0 Å². The highest BCUT2D eigenvalue weighted by molar-refractivity contribution is 9.10. The van der Waals surface area contributed by atoms with Gasteiger partial charge in [-0.1, -0.05) is 47.6 Å². The third-order valence-corrected chi connectivity index (χ3v) is 2.51. The first-order valence-corrected chi connectivity index (χ1v) is 4.70. The molecule has 0 aliphatic heterocycles. The van der Waals surface area contributed by atoms with E-state index in [0.717, 1.165) is 10.0 Å². The average Bonchev–Trinajstić information content (AvgIpc) is 2.03. The lowest BCUT2D eigenvalue weighted by molar-refractivity contribution is 0.959. The molecule has 0 aliphatic carbocycles. The Morgan fingerprint density at radius 2 is 2.17 bits per heavy atom. The van der Waals surface area contributed by atoms with Crippen molar-refractivity contribution in [3.8, 4) is 0 Å². The van der Waals surface area contributed by atoms with Crippen molar-refractivity contribution < 1.29 is 0 Å². The molecule has 0 fully saturated rings. The maximum absolute atomic E-state index is 3.99. The van der Waals surface area contributed by atoms with E-state index in [2.05, 4.69) is 42.4 Å². The Hall–Kier alpha value is -0.560. The van der Waals surface area contributed by atoms with Crippen molar-refractivity contribution >= 4 is 22.0 Å². The minimum Gasteiger partial charge on any atom is -0.0984 e. The monoisotopic (exact) mass is 223 g/mol. The van der Waals surface area contributed by atoms with Gasteiger partial charge in [-0.25, -0.2) is 0 Å². The Bertz CT molecular complexity index is 287. The molecule has 0 aromatic heterocycles. The second kappa shape index (κ2) is 3.90. The van der Waals surface area contributed by atoms with Crippen molar-refractivity contribution in [3.63, 3.8) is 0 Å². The van der Waals surface area contributed by atoms with Gasteiger partial charge in [-0.3, -0.25) is 0 Å². The molecule has 0 heterocycles. The first-order valence-electron chi connectivity index (χ1n) is 3.90. The van der Waals surface area contributed by atoms with Gasteiger partial charge in [-0.05, 0) is 30.0 Å². The van der Waals surface area contributed by atoms with Gasteiger partial charge < -0.3 is 0 Å². The topological polar surface area (TPSA) is 0 Å². The van der Waals surface area contributed by atoms with Crippen LogP contribution in [-0.2, 0) is 0 Å². The number of halogens is 1. The molecular formula is C11H12Br. The lowest BCUT2D eigenvalue weighted by Gasteiger charge is -2.10. The van der Waals surface area contributed by atoms with E-state index in [4.69, 9.17) is 0 Å². The average molecular weight is 224 g/mol. The summed E-state index contributed by atoms with van der Waals surface area (Å²) in [5, 5.41) is 0. The molecule has 0 saturated carbocycles. The molecule has 0 N–H and O–H groups in total. The molecule has 1 heteroatoms. The Balaban J connectivity index is 3.27. The van der Waals surface area contributed by atoms with Crippen LogP contribution in [0.25, 0.3) is 6.08 Å². The fraction of sp³-hybridized carbons (Fsp3) is 0.182. The van der Waals surface area contributed by atoms with E-state index in [0.29, 0.717) is 5.92 Å². The molecule has 1 aromatic carbocycles. The van der Waals surface area contributed by atoms with Gasteiger partial charge in [-0.15, -0.1) is 0 Å². The molecule has 1 atom stereocenters. The van der Waals surface area contributed by atoms with Gasteiger partial charge in [0, 0.05) is 4.47 Å². The highest BCUT2D eigenvalue weighted by Crippen LogP contribution is 2.26. The fourth-order valence-corrected chi connectivity index (χ4v) is 1.74. The highest BCUT2D eigenvalue weighted by atomic mass is 79.9. The largest absolute Gasteiger partial charge is 0.0984 e. The molecule has 1 aromatic rings. The van der Waals surface area contributed by atoms with Gasteiger partial charge in [0.2, 0.25) is 0 Å². The quantitative estimate of drug-likeness (QED) is 0.711. The number of benzene rings is 1. The van der Waals surface area contributed by atoms with Crippen LogP contribution in [0.3, 0.4) is 0 Å². The number of hydrogen-bond acceptors (Lipinski definition) is 0. The third kappa shape index (κ3) is 1.78. The molecule has 1 unspecified atom stereocenters. The summed E-state index contributed by atoms with van der Waals surface area (Å²) in [6.07, 6.45) is 1.86. The van der Waals surface area contributed by atoms with Crippen LogP contribution in [0.2, 0.25) is 0 Å². The fourth-order valence-electron chi connectivity index (χ4n) is 1.20. The second-order valence-corrected chi connectivity index (χ2v) is 3.70. The summed E-state index contributed by atoms with van der Waals surface area (Å²) in [7, 11) is 0. The molecule has 12 heavy (non-hydrogen) atoms. The predicted octanol–water partition coefficient (Wildman–Crippen LogP) is 4.03. The molecule has 0 nitrogen and oxygen atoms in total. The van der Waals surface area contributed by atoms with Crippen LogP contribution in [0.4, 0.5) is 0 Å². The van der Waals surface area contributed by atoms with E-state index >= 15 is 0 Å². The standard InChI is InChI=1S/C11H12Br/c1-4-9-10(8(2)3)6-5-7-11(9)12/h4-8H,1-2H2,3H3. The minimum absolute atomic E-state index is 0.301. The number of hydrogen-bond donors (Lipinski definition) is 0. The summed E-state index contributed by atoms with van der Waals surface area (Å²) in [4.78, 5) is 0. The van der Waals surface area contributed by atoms with Crippen LogP contribution in [-0.4, -0.2) is 0 Å². The van der Waals surface area contributed by atoms with Crippen LogP contribution < -0.4 is 0 Å². The maximum Gasteiger partial charge on any atom is 0.0250 e. The van der Waals surface area contributed by atoms with Gasteiger partial charge in [0.1, 0.15) is 0 Å². The predicted molar refractivity (Wildman–Crippen MR) is 58.0 cm³/mol. The van der Waals surface area contributed by atoms with Crippen molar-refractivity contribution in [1.82, 2.24) is 0 Å². The first-order chi connectivity index (χ1) is 5.66. The molecule has 0 spiro atoms. The van der Waals surface area contributed by atoms with Gasteiger partial charge in [0.25, 0.3) is 0 Å². The van der Waals surface area contributed by atoms with Crippen LogP contribution in [0.1, 0.15) is 24.0 Å². The van der Waals surface area contributed by atoms with Crippen LogP contribution in [0.15, 0.2) is 29.3 Å². The van der Waals surface area contributed by atoms with Gasteiger partial charge >= 0.3 is 0 Å². The van der Waals surface area contributed by atoms with Crippen LogP contribution in [0, 0.1) is 6.92 Å². The lowest BCUT2D eigenvalue weighted by atomic mass is 9.97. The molecule has 0 amide bonds. The molecule has 0 saturated heterocycles. The maximum atomic E-state index is 3.99. The van der Waals surface area contributed by atoms with Crippen LogP contribution >= 0.6 is 15.9 Å². The van der Waals surface area contributed by atoms with E-state index in [1.165, 1.54) is 5.56 Å². The number of rotatable bonds is 2. The zero-order valence-electron chi connectivity index (χ0n) is 7.18. The smallest absolute Gasteiger partial charge is 0.0250 e. The zero-order valence-corrected chi connectivity index (χ0v) is 8.76. The van der Waals surface area contributed by atoms with E-state index in [1.807, 2.05) is 18.2 Å². The van der Waals surface area contributed by atoms with E-state index in [9.17, 15) is 0 Å². The summed E-state index contributed by atoms with van der Waals surface area (Å²) in [5.74, 6) is 0.301. The summed E-state index contributed by atoms with van der Waals surface area (Å²) in [6.45, 7) is 9.84. The van der Waals surface area contributed by atoms with E-state index < -0.39 is 0 Å². The van der Waals surface area contributed by atoms with E-state index in [1.54, 1.807) is 0 Å². The van der Waals surface area contributed by atoms with E-state index in [-0.39, 0.29) is 0 Å². The molecule has 0 aliphatic rings. The summed E-state index contributed by atoms with van der Waals surface area (Å²) in [5.41, 5.74) is 2.39. The molecule has 0 bridgehead atoms. The zero-order chi connectivity index (χ0) is 9.14. The Labute approximate surface area is 82.4 Å². The van der Waals surface area contributed by atoms with Crippen molar-refractivity contribution in [1.29, 1.82) is 0 Å². The normalized spacial score (nSPS) is 10.3. The van der Waals surface area contributed by atoms with Gasteiger partial charge in [-0.2, -0.15) is 0 Å². The summed E-state index contributed by atoms with van der Waals surface area (Å²) >= 11 is 3.48. The summed E-state index contributed by atoms with van der Waals surface area (Å²) < 4.78 is 1.09. The van der Waals surface area contributed by atoms with Crippen molar-refractivity contribution in [3.05, 3.63) is 47.3 Å². The Morgan fingerprint density at radius 3 is 2.58 bits per heavy atom. The third-order valence-electron chi connectivity index (χ3n) is 1.82. The van der Waals surface area contributed by atoms with Crippen LogP contribution in [0.5, 0.6) is 0 Å². The van der Waals surface area contributed by atoms with Crippen molar-refractivity contribution in [2.75, 3.05) is 0 Å². The molecule has 1 radical (unpaired) electrons. The second-order valence-electron chi connectivity index (χ2n) is 2.85. The van der Waals surface area contributed by atoms with Crippen molar-refractivity contribution in [2.45, 2.75) is 12.8 Å². The van der Waals surface area contributed by atoms with Crippen molar-refractivity contribution in [2.24, 2.45) is 0 Å². The Kier molecular flexibility index (Phi) is 3.10. The summed E-state index contributed by atoms with van der Waals surface area (Å²) in [6, 6.07) is 6.12. The Morgan fingerprint density at radius 1 is 1.50 bits per heavy atom. The molecule has 63 valence electrons. The minimum atomic E-state index is 0.301. The first kappa shape index (κ1) is 9.53. The lowest BCUT2D eigenvalue weighted by Crippen LogP contribution is -1.92. The molecular weight excluding hydrogens is 212 g/mol.